The van der Waals surface area contributed by atoms with Gasteiger partial charge in [0.05, 0.1) is 12.1 Å². The Morgan fingerprint density at radius 3 is 2.67 bits per heavy atom. The topological polar surface area (TPSA) is 69.6 Å². The Balaban J connectivity index is 1.81. The quantitative estimate of drug-likeness (QED) is 0.841. The highest BCUT2D eigenvalue weighted by Crippen LogP contribution is 2.35. The van der Waals surface area contributed by atoms with E-state index in [1.807, 2.05) is 17.5 Å². The molecule has 3 rings (SSSR count). The number of hydrogen-bond donors (Lipinski definition) is 2. The van der Waals surface area contributed by atoms with Crippen LogP contribution < -0.4 is 5.32 Å². The van der Waals surface area contributed by atoms with Crippen LogP contribution in [-0.2, 0) is 10.3 Å². The third kappa shape index (κ3) is 2.46. The van der Waals surface area contributed by atoms with Gasteiger partial charge in [0.2, 0.25) is 0 Å². The van der Waals surface area contributed by atoms with E-state index in [2.05, 4.69) is 5.32 Å². The largest absolute Gasteiger partial charge is 0.388 e. The average molecular weight is 308 g/mol. The molecule has 1 saturated carbocycles. The lowest BCUT2D eigenvalue weighted by atomic mass is 9.84. The predicted octanol–water partition coefficient (Wildman–Crippen LogP) is 2.21. The molecule has 1 saturated heterocycles. The van der Waals surface area contributed by atoms with E-state index in [1.165, 1.54) is 16.2 Å². The van der Waals surface area contributed by atoms with Crippen LogP contribution in [0.2, 0.25) is 0 Å². The second kappa shape index (κ2) is 5.10. The van der Waals surface area contributed by atoms with Gasteiger partial charge in [-0.1, -0.05) is 25.3 Å². The highest BCUT2D eigenvalue weighted by molar-refractivity contribution is 7.10. The van der Waals surface area contributed by atoms with Gasteiger partial charge in [0.1, 0.15) is 0 Å². The van der Waals surface area contributed by atoms with Crippen molar-refractivity contribution in [3.8, 4) is 0 Å². The molecule has 1 aliphatic carbocycles. The fourth-order valence-corrected chi connectivity index (χ4v) is 4.07. The van der Waals surface area contributed by atoms with E-state index < -0.39 is 17.2 Å². The van der Waals surface area contributed by atoms with Crippen molar-refractivity contribution in [1.82, 2.24) is 10.2 Å². The molecule has 2 heterocycles. The van der Waals surface area contributed by atoms with E-state index in [-0.39, 0.29) is 12.5 Å². The number of hydrogen-bond acceptors (Lipinski definition) is 4. The van der Waals surface area contributed by atoms with Crippen LogP contribution in [0.5, 0.6) is 0 Å². The van der Waals surface area contributed by atoms with Crippen molar-refractivity contribution in [2.24, 2.45) is 0 Å². The number of nitrogens with zero attached hydrogens (tertiary/aromatic N) is 1. The number of urea groups is 1. The zero-order chi connectivity index (χ0) is 15.1. The van der Waals surface area contributed by atoms with Crippen molar-refractivity contribution < 1.29 is 14.7 Å². The maximum atomic E-state index is 12.7. The highest BCUT2D eigenvalue weighted by Gasteiger charge is 2.51. The molecule has 5 nitrogen and oxygen atoms in total. The second-order valence-electron chi connectivity index (χ2n) is 6.21. The van der Waals surface area contributed by atoms with Crippen molar-refractivity contribution in [3.63, 3.8) is 0 Å². The molecule has 1 aliphatic heterocycles. The summed E-state index contributed by atoms with van der Waals surface area (Å²) >= 11 is 1.45. The third-order valence-corrected chi connectivity index (χ3v) is 5.62. The zero-order valence-corrected chi connectivity index (χ0v) is 12.9. The lowest BCUT2D eigenvalue weighted by Gasteiger charge is -2.34. The summed E-state index contributed by atoms with van der Waals surface area (Å²) in [4.78, 5) is 26.9. The van der Waals surface area contributed by atoms with Gasteiger partial charge in [-0.25, -0.2) is 4.79 Å². The molecular weight excluding hydrogens is 288 g/mol. The van der Waals surface area contributed by atoms with Gasteiger partial charge in [-0.05, 0) is 31.2 Å². The van der Waals surface area contributed by atoms with Crippen LogP contribution in [0.4, 0.5) is 4.79 Å². The van der Waals surface area contributed by atoms with Crippen LogP contribution >= 0.6 is 11.3 Å². The van der Waals surface area contributed by atoms with Gasteiger partial charge >= 0.3 is 6.03 Å². The number of nitrogens with one attached hydrogen (secondary N) is 1. The van der Waals surface area contributed by atoms with E-state index in [9.17, 15) is 14.7 Å². The standard InChI is InChI=1S/C15H20N2O3S/c1-14(11-6-5-9-21-11)12(18)17(13(19)16-14)10-15(20)7-3-2-4-8-15/h5-6,9,20H,2-4,7-8,10H2,1H3,(H,16,19). The molecule has 6 heteroatoms. The van der Waals surface area contributed by atoms with Crippen LogP contribution in [0.15, 0.2) is 17.5 Å². The summed E-state index contributed by atoms with van der Waals surface area (Å²) in [6.07, 6.45) is 4.31. The second-order valence-corrected chi connectivity index (χ2v) is 7.16. The highest BCUT2D eigenvalue weighted by atomic mass is 32.1. The van der Waals surface area contributed by atoms with E-state index in [0.29, 0.717) is 12.8 Å². The number of carbonyl (C=O) groups excluding carboxylic acids is 2. The van der Waals surface area contributed by atoms with Crippen molar-refractivity contribution in [3.05, 3.63) is 22.4 Å². The predicted molar refractivity (Wildman–Crippen MR) is 80.0 cm³/mol. The van der Waals surface area contributed by atoms with E-state index in [1.54, 1.807) is 6.92 Å². The van der Waals surface area contributed by atoms with E-state index in [4.69, 9.17) is 0 Å². The van der Waals surface area contributed by atoms with Crippen LogP contribution in [-0.4, -0.2) is 34.1 Å². The Labute approximate surface area is 128 Å². The van der Waals surface area contributed by atoms with Crippen LogP contribution in [0, 0.1) is 0 Å². The molecule has 0 spiro atoms. The minimum absolute atomic E-state index is 0.0959. The Morgan fingerprint density at radius 1 is 1.33 bits per heavy atom. The number of carbonyl (C=O) groups is 2. The van der Waals surface area contributed by atoms with Crippen molar-refractivity contribution >= 4 is 23.3 Å². The van der Waals surface area contributed by atoms with Crippen molar-refractivity contribution in [2.75, 3.05) is 6.54 Å². The lowest BCUT2D eigenvalue weighted by Crippen LogP contribution is -2.47. The van der Waals surface area contributed by atoms with Crippen LogP contribution in [0.25, 0.3) is 0 Å². The average Bonchev–Trinajstić information content (AvgIpc) is 3.05. The zero-order valence-electron chi connectivity index (χ0n) is 12.1. The molecule has 21 heavy (non-hydrogen) atoms. The molecule has 1 aromatic heterocycles. The van der Waals surface area contributed by atoms with Gasteiger partial charge in [-0.2, -0.15) is 0 Å². The monoisotopic (exact) mass is 308 g/mol. The van der Waals surface area contributed by atoms with Gasteiger partial charge in [0, 0.05) is 4.88 Å². The number of rotatable bonds is 3. The molecule has 2 aliphatic rings. The van der Waals surface area contributed by atoms with E-state index in [0.717, 1.165) is 24.1 Å². The number of amides is 3. The first kappa shape index (κ1) is 14.5. The number of thiophene rings is 1. The number of aliphatic hydroxyl groups is 1. The Kier molecular flexibility index (Phi) is 3.53. The third-order valence-electron chi connectivity index (χ3n) is 4.53. The maximum absolute atomic E-state index is 12.7. The lowest BCUT2D eigenvalue weighted by molar-refractivity contribution is -0.134. The maximum Gasteiger partial charge on any atom is 0.325 e. The first-order valence-corrected chi connectivity index (χ1v) is 8.23. The van der Waals surface area contributed by atoms with Crippen LogP contribution in [0.1, 0.15) is 43.9 Å². The van der Waals surface area contributed by atoms with Gasteiger partial charge in [0.25, 0.3) is 5.91 Å². The molecule has 1 atom stereocenters. The summed E-state index contributed by atoms with van der Waals surface area (Å²) < 4.78 is 0. The summed E-state index contributed by atoms with van der Waals surface area (Å²) in [6, 6.07) is 3.30. The fraction of sp³-hybridized carbons (Fsp3) is 0.600. The number of imide groups is 1. The van der Waals surface area contributed by atoms with Gasteiger partial charge in [-0.3, -0.25) is 9.69 Å². The summed E-state index contributed by atoms with van der Waals surface area (Å²) in [6.45, 7) is 1.82. The normalized spacial score (nSPS) is 28.8. The smallest absolute Gasteiger partial charge is 0.325 e. The van der Waals surface area contributed by atoms with Gasteiger partial charge in [0.15, 0.2) is 5.54 Å². The Bertz CT molecular complexity index is 551. The Morgan fingerprint density at radius 2 is 2.05 bits per heavy atom. The minimum atomic E-state index is -1.00. The first-order chi connectivity index (χ1) is 9.95. The molecular formula is C15H20N2O3S. The SMILES string of the molecule is CC1(c2cccs2)NC(=O)N(CC2(O)CCCCC2)C1=O. The molecule has 0 bridgehead atoms. The first-order valence-electron chi connectivity index (χ1n) is 7.35. The molecule has 2 N–H and O–H groups in total. The molecule has 1 aromatic rings. The molecule has 0 radical (unpaired) electrons. The fourth-order valence-electron chi connectivity index (χ4n) is 3.23. The van der Waals surface area contributed by atoms with E-state index >= 15 is 0 Å². The van der Waals surface area contributed by atoms with Gasteiger partial charge < -0.3 is 10.4 Å². The molecule has 0 aromatic carbocycles. The summed E-state index contributed by atoms with van der Waals surface area (Å²) in [5.41, 5.74) is -1.93. The summed E-state index contributed by atoms with van der Waals surface area (Å²) in [7, 11) is 0. The molecule has 2 fully saturated rings. The molecule has 1 unspecified atom stereocenters. The van der Waals surface area contributed by atoms with Crippen molar-refractivity contribution in [1.29, 1.82) is 0 Å². The Hall–Kier alpha value is -1.40. The summed E-state index contributed by atoms with van der Waals surface area (Å²) in [5.74, 6) is -0.269. The van der Waals surface area contributed by atoms with Crippen molar-refractivity contribution in [2.45, 2.75) is 50.2 Å². The van der Waals surface area contributed by atoms with Gasteiger partial charge in [-0.15, -0.1) is 11.3 Å². The molecule has 3 amide bonds. The summed E-state index contributed by atoms with van der Waals surface area (Å²) in [5, 5.41) is 15.3. The number of β-amino-alcohol motifs (C(OH)–C–C–N with tert-alkyl or cyclic N) is 1. The molecule has 114 valence electrons. The van der Waals surface area contributed by atoms with Crippen LogP contribution in [0.3, 0.4) is 0 Å². The minimum Gasteiger partial charge on any atom is -0.388 e.